The molecule has 108 valence electrons. The molecule has 2 rings (SSSR count). The molecule has 2 fully saturated rings. The minimum absolute atomic E-state index is 0.0359. The molecule has 5 heteroatoms. The summed E-state index contributed by atoms with van der Waals surface area (Å²) in [6.45, 7) is 2.71. The maximum Gasteiger partial charge on any atom is 0.311 e. The van der Waals surface area contributed by atoms with Crippen molar-refractivity contribution in [3.8, 4) is 0 Å². The van der Waals surface area contributed by atoms with E-state index in [-0.39, 0.29) is 11.5 Å². The maximum atomic E-state index is 12.3. The quantitative estimate of drug-likeness (QED) is 0.843. The summed E-state index contributed by atoms with van der Waals surface area (Å²) in [7, 11) is 1.66. The van der Waals surface area contributed by atoms with Crippen LogP contribution >= 0.6 is 0 Å². The number of piperidine rings is 1. The van der Waals surface area contributed by atoms with Crippen LogP contribution in [-0.4, -0.2) is 47.7 Å². The number of nitrogens with zero attached hydrogens (tertiary/aromatic N) is 1. The van der Waals surface area contributed by atoms with Crippen LogP contribution in [0.15, 0.2) is 0 Å². The van der Waals surface area contributed by atoms with E-state index in [9.17, 15) is 14.7 Å². The highest BCUT2D eigenvalue weighted by Crippen LogP contribution is 2.39. The van der Waals surface area contributed by atoms with Crippen molar-refractivity contribution in [1.82, 2.24) is 4.90 Å². The van der Waals surface area contributed by atoms with Gasteiger partial charge in [-0.1, -0.05) is 0 Å². The topological polar surface area (TPSA) is 66.8 Å². The highest BCUT2D eigenvalue weighted by atomic mass is 16.5. The van der Waals surface area contributed by atoms with Crippen LogP contribution in [0.4, 0.5) is 0 Å². The maximum absolute atomic E-state index is 12.3. The van der Waals surface area contributed by atoms with Gasteiger partial charge in [-0.25, -0.2) is 0 Å². The normalized spacial score (nSPS) is 29.7. The molecular formula is C14H23NO4. The number of carbonyl (C=O) groups excluding carboxylic acids is 1. The zero-order valence-electron chi connectivity index (χ0n) is 11.8. The molecule has 1 aliphatic heterocycles. The lowest BCUT2D eigenvalue weighted by molar-refractivity contribution is -0.156. The van der Waals surface area contributed by atoms with Gasteiger partial charge in [-0.05, 0) is 39.0 Å². The van der Waals surface area contributed by atoms with E-state index in [1.165, 1.54) is 0 Å². The van der Waals surface area contributed by atoms with Gasteiger partial charge in [-0.3, -0.25) is 9.59 Å². The summed E-state index contributed by atoms with van der Waals surface area (Å²) in [5, 5.41) is 9.27. The van der Waals surface area contributed by atoms with Crippen molar-refractivity contribution in [2.75, 3.05) is 20.2 Å². The van der Waals surface area contributed by atoms with E-state index in [0.29, 0.717) is 25.9 Å². The summed E-state index contributed by atoms with van der Waals surface area (Å²) >= 11 is 0. The zero-order valence-corrected chi connectivity index (χ0v) is 11.8. The molecule has 1 amide bonds. The Labute approximate surface area is 113 Å². The molecule has 1 heterocycles. The second-order valence-electron chi connectivity index (χ2n) is 6.20. The van der Waals surface area contributed by atoms with Gasteiger partial charge in [0.2, 0.25) is 5.91 Å². The summed E-state index contributed by atoms with van der Waals surface area (Å²) in [6.07, 6.45) is 4.75. The Balaban J connectivity index is 1.97. The van der Waals surface area contributed by atoms with E-state index in [0.717, 1.165) is 25.7 Å². The Morgan fingerprint density at radius 1 is 1.26 bits per heavy atom. The van der Waals surface area contributed by atoms with Crippen LogP contribution in [-0.2, 0) is 14.3 Å². The largest absolute Gasteiger partial charge is 0.481 e. The molecule has 0 aromatic carbocycles. The number of rotatable bonds is 4. The number of amides is 1. The van der Waals surface area contributed by atoms with Crippen molar-refractivity contribution >= 4 is 11.9 Å². The molecule has 0 spiro atoms. The number of hydrogen-bond acceptors (Lipinski definition) is 3. The number of ether oxygens (including phenoxy) is 1. The summed E-state index contributed by atoms with van der Waals surface area (Å²) in [5.74, 6) is -0.774. The molecule has 2 aliphatic rings. The summed E-state index contributed by atoms with van der Waals surface area (Å²) in [6, 6.07) is 0. The number of carbonyl (C=O) groups is 2. The SMILES string of the molecule is COC1(CC(=O)N2CCCC(C)(C(=O)O)C2)CCC1. The molecule has 0 aromatic heterocycles. The Kier molecular flexibility index (Phi) is 3.85. The van der Waals surface area contributed by atoms with Crippen molar-refractivity contribution < 1.29 is 19.4 Å². The number of aliphatic carboxylic acids is 1. The Morgan fingerprint density at radius 3 is 2.42 bits per heavy atom. The van der Waals surface area contributed by atoms with E-state index < -0.39 is 11.4 Å². The van der Waals surface area contributed by atoms with Crippen molar-refractivity contribution in [2.24, 2.45) is 5.41 Å². The Morgan fingerprint density at radius 2 is 1.95 bits per heavy atom. The molecule has 0 aromatic rings. The molecule has 0 radical (unpaired) electrons. The lowest BCUT2D eigenvalue weighted by atomic mass is 9.76. The van der Waals surface area contributed by atoms with Crippen LogP contribution in [0.5, 0.6) is 0 Å². The molecule has 1 aliphatic carbocycles. The molecule has 19 heavy (non-hydrogen) atoms. The highest BCUT2D eigenvalue weighted by molar-refractivity contribution is 5.80. The van der Waals surface area contributed by atoms with Gasteiger partial charge < -0.3 is 14.7 Å². The van der Waals surface area contributed by atoms with Crippen LogP contribution in [0.1, 0.15) is 45.4 Å². The number of methoxy groups -OCH3 is 1. The molecule has 1 atom stereocenters. The minimum Gasteiger partial charge on any atom is -0.481 e. The first-order valence-corrected chi connectivity index (χ1v) is 6.97. The molecule has 1 saturated heterocycles. The first-order chi connectivity index (χ1) is 8.91. The van der Waals surface area contributed by atoms with Gasteiger partial charge in [-0.2, -0.15) is 0 Å². The highest BCUT2D eigenvalue weighted by Gasteiger charge is 2.43. The van der Waals surface area contributed by atoms with Crippen molar-refractivity contribution in [2.45, 2.75) is 51.0 Å². The molecule has 1 N–H and O–H groups in total. The molecular weight excluding hydrogens is 246 g/mol. The average molecular weight is 269 g/mol. The molecule has 1 saturated carbocycles. The van der Waals surface area contributed by atoms with Crippen LogP contribution < -0.4 is 0 Å². The number of carboxylic acid groups (broad SMARTS) is 1. The molecule has 5 nitrogen and oxygen atoms in total. The number of likely N-dealkylation sites (tertiary alicyclic amines) is 1. The summed E-state index contributed by atoms with van der Waals surface area (Å²) in [5.41, 5.74) is -1.08. The first kappa shape index (κ1) is 14.3. The number of hydrogen-bond donors (Lipinski definition) is 1. The van der Waals surface area contributed by atoms with Gasteiger partial charge in [0.05, 0.1) is 17.4 Å². The second kappa shape index (κ2) is 5.12. The van der Waals surface area contributed by atoms with Crippen LogP contribution in [0.3, 0.4) is 0 Å². The van der Waals surface area contributed by atoms with Gasteiger partial charge >= 0.3 is 5.97 Å². The standard InChI is InChI=1S/C14H23NO4/c1-13(12(17)18)5-4-8-15(10-13)11(16)9-14(19-2)6-3-7-14/h3-10H2,1-2H3,(H,17,18). The fraction of sp³-hybridized carbons (Fsp3) is 0.857. The van der Waals surface area contributed by atoms with Crippen LogP contribution in [0.2, 0.25) is 0 Å². The van der Waals surface area contributed by atoms with Crippen molar-refractivity contribution in [3.05, 3.63) is 0 Å². The second-order valence-corrected chi connectivity index (χ2v) is 6.20. The van der Waals surface area contributed by atoms with E-state index in [1.807, 2.05) is 0 Å². The smallest absolute Gasteiger partial charge is 0.311 e. The van der Waals surface area contributed by atoms with Gasteiger partial charge in [0, 0.05) is 20.2 Å². The Bertz CT molecular complexity index is 372. The third-order valence-electron chi connectivity index (χ3n) is 4.74. The fourth-order valence-corrected chi connectivity index (χ4v) is 3.04. The summed E-state index contributed by atoms with van der Waals surface area (Å²) in [4.78, 5) is 25.3. The minimum atomic E-state index is -0.810. The zero-order chi connectivity index (χ0) is 14.1. The van der Waals surface area contributed by atoms with E-state index >= 15 is 0 Å². The monoisotopic (exact) mass is 269 g/mol. The van der Waals surface area contributed by atoms with Crippen molar-refractivity contribution in [1.29, 1.82) is 0 Å². The van der Waals surface area contributed by atoms with E-state index in [4.69, 9.17) is 4.74 Å². The molecule has 0 bridgehead atoms. The van der Waals surface area contributed by atoms with Gasteiger partial charge in [0.25, 0.3) is 0 Å². The predicted molar refractivity (Wildman–Crippen MR) is 69.8 cm³/mol. The van der Waals surface area contributed by atoms with E-state index in [1.54, 1.807) is 18.9 Å². The lowest BCUT2D eigenvalue weighted by Crippen LogP contribution is -2.51. The summed E-state index contributed by atoms with van der Waals surface area (Å²) < 4.78 is 5.47. The predicted octanol–water partition coefficient (Wildman–Crippen LogP) is 1.66. The Hall–Kier alpha value is -1.10. The first-order valence-electron chi connectivity index (χ1n) is 6.97. The average Bonchev–Trinajstić information content (AvgIpc) is 2.33. The van der Waals surface area contributed by atoms with Crippen LogP contribution in [0.25, 0.3) is 0 Å². The number of carboxylic acids is 1. The third-order valence-corrected chi connectivity index (χ3v) is 4.74. The lowest BCUT2D eigenvalue weighted by Gasteiger charge is -2.43. The molecule has 1 unspecified atom stereocenters. The fourth-order valence-electron chi connectivity index (χ4n) is 3.04. The van der Waals surface area contributed by atoms with Gasteiger partial charge in [0.15, 0.2) is 0 Å². The van der Waals surface area contributed by atoms with Crippen molar-refractivity contribution in [3.63, 3.8) is 0 Å². The van der Waals surface area contributed by atoms with Crippen LogP contribution in [0, 0.1) is 5.41 Å². The third kappa shape index (κ3) is 2.76. The van der Waals surface area contributed by atoms with E-state index in [2.05, 4.69) is 0 Å². The van der Waals surface area contributed by atoms with Gasteiger partial charge in [-0.15, -0.1) is 0 Å². The van der Waals surface area contributed by atoms with Gasteiger partial charge in [0.1, 0.15) is 0 Å².